The van der Waals surface area contributed by atoms with Gasteiger partial charge in [0.1, 0.15) is 6.54 Å². The molecule has 2 amide bonds. The van der Waals surface area contributed by atoms with Gasteiger partial charge in [0, 0.05) is 25.6 Å². The van der Waals surface area contributed by atoms with E-state index in [0.717, 1.165) is 19.5 Å². The molecule has 0 aromatic carbocycles. The second-order valence-corrected chi connectivity index (χ2v) is 6.36. The quantitative estimate of drug-likeness (QED) is 0.755. The first-order valence-corrected chi connectivity index (χ1v) is 6.78. The average molecular weight is 254 g/mol. The molecule has 0 aromatic heterocycles. The molecule has 0 spiro atoms. The largest absolute Gasteiger partial charge is 0.341 e. The molecule has 1 rings (SSSR count). The number of likely N-dealkylation sites (tertiary alicyclic amines) is 1. The molecule has 1 heterocycles. The third kappa shape index (κ3) is 4.00. The lowest BCUT2D eigenvalue weighted by Crippen LogP contribution is -2.51. The van der Waals surface area contributed by atoms with Crippen molar-refractivity contribution < 1.29 is 9.59 Å². The minimum atomic E-state index is -0.303. The Kier molecular flexibility index (Phi) is 4.77. The summed E-state index contributed by atoms with van der Waals surface area (Å²) in [5.41, 5.74) is -0.303. The molecule has 18 heavy (non-hydrogen) atoms. The van der Waals surface area contributed by atoms with Crippen LogP contribution in [0.3, 0.4) is 0 Å². The van der Waals surface area contributed by atoms with E-state index in [1.54, 1.807) is 4.90 Å². The van der Waals surface area contributed by atoms with Crippen molar-refractivity contribution in [1.82, 2.24) is 9.80 Å². The van der Waals surface area contributed by atoms with Gasteiger partial charge >= 0.3 is 0 Å². The number of nitrogens with zero attached hydrogens (tertiary/aromatic N) is 2. The number of hydrogen-bond donors (Lipinski definition) is 0. The van der Waals surface area contributed by atoms with Gasteiger partial charge in [0.2, 0.25) is 11.8 Å². The van der Waals surface area contributed by atoms with E-state index in [4.69, 9.17) is 0 Å². The zero-order valence-electron chi connectivity index (χ0n) is 12.3. The lowest BCUT2D eigenvalue weighted by molar-refractivity contribution is -0.144. The number of amides is 2. The molecule has 1 aliphatic rings. The van der Waals surface area contributed by atoms with Crippen LogP contribution in [0.15, 0.2) is 0 Å². The molecular formula is C14H26N2O2. The highest BCUT2D eigenvalue weighted by Gasteiger charge is 2.29. The summed E-state index contributed by atoms with van der Waals surface area (Å²) in [5.74, 6) is 0.607. The van der Waals surface area contributed by atoms with Crippen LogP contribution in [0.1, 0.15) is 47.5 Å². The number of piperidine rings is 1. The molecule has 1 saturated heterocycles. The van der Waals surface area contributed by atoms with Crippen molar-refractivity contribution in [1.29, 1.82) is 0 Å². The lowest BCUT2D eigenvalue weighted by atomic mass is 10.00. The Hall–Kier alpha value is -1.06. The lowest BCUT2D eigenvalue weighted by Gasteiger charge is -2.37. The Labute approximate surface area is 110 Å². The molecule has 4 heteroatoms. The molecule has 0 saturated carbocycles. The van der Waals surface area contributed by atoms with E-state index >= 15 is 0 Å². The third-order valence-electron chi connectivity index (χ3n) is 3.49. The monoisotopic (exact) mass is 254 g/mol. The van der Waals surface area contributed by atoms with Crippen molar-refractivity contribution in [3.05, 3.63) is 0 Å². The number of hydrogen-bond acceptors (Lipinski definition) is 2. The molecule has 1 fully saturated rings. The fourth-order valence-corrected chi connectivity index (χ4v) is 2.47. The van der Waals surface area contributed by atoms with Crippen LogP contribution in [0.4, 0.5) is 0 Å². The SMILES string of the molecule is CC(=O)N(CC(=O)N1CCCC(C)C1)C(C)(C)C. The standard InChI is InChI=1S/C14H26N2O2/c1-11-7-6-8-15(9-11)13(18)10-16(12(2)17)14(3,4)5/h11H,6-10H2,1-5H3. The molecule has 1 unspecified atom stereocenters. The first-order chi connectivity index (χ1) is 8.21. The second kappa shape index (κ2) is 5.72. The van der Waals surface area contributed by atoms with Crippen LogP contribution in [0.2, 0.25) is 0 Å². The summed E-state index contributed by atoms with van der Waals surface area (Å²) in [5, 5.41) is 0. The second-order valence-electron chi connectivity index (χ2n) is 6.36. The van der Waals surface area contributed by atoms with Crippen molar-refractivity contribution in [2.45, 2.75) is 53.0 Å². The number of carbonyl (C=O) groups is 2. The van der Waals surface area contributed by atoms with Gasteiger partial charge in [0.15, 0.2) is 0 Å². The van der Waals surface area contributed by atoms with E-state index in [1.165, 1.54) is 13.3 Å². The molecule has 104 valence electrons. The van der Waals surface area contributed by atoms with E-state index in [-0.39, 0.29) is 23.9 Å². The van der Waals surface area contributed by atoms with Crippen molar-refractivity contribution >= 4 is 11.8 Å². The molecule has 0 aromatic rings. The maximum Gasteiger partial charge on any atom is 0.242 e. The summed E-state index contributed by atoms with van der Waals surface area (Å²) in [6.45, 7) is 11.4. The van der Waals surface area contributed by atoms with Gasteiger partial charge in [-0.2, -0.15) is 0 Å². The van der Waals surface area contributed by atoms with Crippen LogP contribution in [0.5, 0.6) is 0 Å². The highest BCUT2D eigenvalue weighted by Crippen LogP contribution is 2.18. The van der Waals surface area contributed by atoms with Crippen molar-refractivity contribution in [2.24, 2.45) is 5.92 Å². The number of rotatable bonds is 2. The predicted molar refractivity (Wildman–Crippen MR) is 72.1 cm³/mol. The van der Waals surface area contributed by atoms with E-state index in [9.17, 15) is 9.59 Å². The van der Waals surface area contributed by atoms with Crippen LogP contribution in [0.25, 0.3) is 0 Å². The Balaban J connectivity index is 2.64. The number of carbonyl (C=O) groups excluding carboxylic acids is 2. The first kappa shape index (κ1) is 15.0. The van der Waals surface area contributed by atoms with Crippen LogP contribution in [-0.2, 0) is 9.59 Å². The Morgan fingerprint density at radius 1 is 1.33 bits per heavy atom. The third-order valence-corrected chi connectivity index (χ3v) is 3.49. The highest BCUT2D eigenvalue weighted by atomic mass is 16.2. The van der Waals surface area contributed by atoms with Gasteiger partial charge in [-0.1, -0.05) is 6.92 Å². The molecule has 0 N–H and O–H groups in total. The topological polar surface area (TPSA) is 40.6 Å². The summed E-state index contributed by atoms with van der Waals surface area (Å²) < 4.78 is 0. The fraction of sp³-hybridized carbons (Fsp3) is 0.857. The summed E-state index contributed by atoms with van der Waals surface area (Å²) in [4.78, 5) is 27.4. The normalized spacial score (nSPS) is 20.7. The Morgan fingerprint density at radius 2 is 1.94 bits per heavy atom. The van der Waals surface area contributed by atoms with Gasteiger partial charge in [-0.05, 0) is 39.5 Å². The molecule has 4 nitrogen and oxygen atoms in total. The summed E-state index contributed by atoms with van der Waals surface area (Å²) >= 11 is 0. The molecule has 1 aliphatic heterocycles. The Morgan fingerprint density at radius 3 is 2.39 bits per heavy atom. The predicted octanol–water partition coefficient (Wildman–Crippen LogP) is 1.89. The van der Waals surface area contributed by atoms with Gasteiger partial charge in [0.25, 0.3) is 0 Å². The van der Waals surface area contributed by atoms with Crippen LogP contribution < -0.4 is 0 Å². The molecule has 0 radical (unpaired) electrons. The van der Waals surface area contributed by atoms with Crippen molar-refractivity contribution in [3.63, 3.8) is 0 Å². The smallest absolute Gasteiger partial charge is 0.242 e. The van der Waals surface area contributed by atoms with E-state index < -0.39 is 0 Å². The van der Waals surface area contributed by atoms with E-state index in [0.29, 0.717) is 5.92 Å². The van der Waals surface area contributed by atoms with Crippen LogP contribution in [-0.4, -0.2) is 46.8 Å². The molecular weight excluding hydrogens is 228 g/mol. The zero-order valence-corrected chi connectivity index (χ0v) is 12.3. The minimum absolute atomic E-state index is 0.0408. The summed E-state index contributed by atoms with van der Waals surface area (Å²) in [6.07, 6.45) is 2.27. The van der Waals surface area contributed by atoms with Gasteiger partial charge in [0.05, 0.1) is 0 Å². The van der Waals surface area contributed by atoms with E-state index in [2.05, 4.69) is 6.92 Å². The van der Waals surface area contributed by atoms with Gasteiger partial charge in [-0.25, -0.2) is 0 Å². The summed E-state index contributed by atoms with van der Waals surface area (Å²) in [7, 11) is 0. The van der Waals surface area contributed by atoms with Crippen LogP contribution >= 0.6 is 0 Å². The fourth-order valence-electron chi connectivity index (χ4n) is 2.47. The zero-order chi connectivity index (χ0) is 13.9. The van der Waals surface area contributed by atoms with Crippen molar-refractivity contribution in [3.8, 4) is 0 Å². The molecule has 0 aliphatic carbocycles. The minimum Gasteiger partial charge on any atom is -0.341 e. The molecule has 1 atom stereocenters. The van der Waals surface area contributed by atoms with E-state index in [1.807, 2.05) is 25.7 Å². The van der Waals surface area contributed by atoms with Gasteiger partial charge in [-0.15, -0.1) is 0 Å². The molecule has 0 bridgehead atoms. The van der Waals surface area contributed by atoms with Gasteiger partial charge in [-0.3, -0.25) is 9.59 Å². The summed E-state index contributed by atoms with van der Waals surface area (Å²) in [6, 6.07) is 0. The van der Waals surface area contributed by atoms with Crippen LogP contribution in [0, 0.1) is 5.92 Å². The first-order valence-electron chi connectivity index (χ1n) is 6.78. The maximum atomic E-state index is 12.2. The van der Waals surface area contributed by atoms with Gasteiger partial charge < -0.3 is 9.80 Å². The highest BCUT2D eigenvalue weighted by molar-refractivity contribution is 5.84. The van der Waals surface area contributed by atoms with Crippen molar-refractivity contribution in [2.75, 3.05) is 19.6 Å². The maximum absolute atomic E-state index is 12.2. The Bertz CT molecular complexity index is 320. The average Bonchev–Trinajstić information content (AvgIpc) is 2.23.